The maximum atomic E-state index is 13.6. The number of piperidine rings is 1. The molecule has 0 saturated carbocycles. The molecule has 2 aliphatic heterocycles. The van der Waals surface area contributed by atoms with Crippen LogP contribution in [0.1, 0.15) is 29.0 Å². The first-order chi connectivity index (χ1) is 16.0. The number of Topliss-reactive ketones (excluding diaryl/α,β-unsaturated/α-hetero) is 1. The van der Waals surface area contributed by atoms with E-state index >= 15 is 0 Å². The molecule has 33 heavy (non-hydrogen) atoms. The third-order valence-electron chi connectivity index (χ3n) is 6.51. The fraction of sp³-hybridized carbons (Fsp3) is 0.280. The van der Waals surface area contributed by atoms with E-state index in [0.29, 0.717) is 23.8 Å². The Morgan fingerprint density at radius 2 is 1.73 bits per heavy atom. The summed E-state index contributed by atoms with van der Waals surface area (Å²) in [6.07, 6.45) is 0.117. The summed E-state index contributed by atoms with van der Waals surface area (Å²) in [6.45, 7) is 3.09. The van der Waals surface area contributed by atoms with Crippen molar-refractivity contribution in [2.75, 3.05) is 31.2 Å². The van der Waals surface area contributed by atoms with Crippen LogP contribution in [0.25, 0.3) is 0 Å². The maximum absolute atomic E-state index is 13.6. The topological polar surface area (TPSA) is 49.9 Å². The first-order valence-corrected chi connectivity index (χ1v) is 12.5. The number of nitrogens with zero attached hydrogens (tertiary/aromatic N) is 2. The van der Waals surface area contributed by atoms with Crippen molar-refractivity contribution in [3.63, 3.8) is 0 Å². The quantitative estimate of drug-likeness (QED) is 0.410. The second-order valence-electron chi connectivity index (χ2n) is 8.27. The smallest absolute Gasteiger partial charge is 0.248 e. The van der Waals surface area contributed by atoms with Crippen LogP contribution in [0.5, 0.6) is 0 Å². The molecule has 2 aromatic carbocycles. The zero-order chi connectivity index (χ0) is 23.0. The fourth-order valence-corrected chi connectivity index (χ4v) is 6.16. The molecule has 170 valence electrons. The van der Waals surface area contributed by atoms with Gasteiger partial charge in [-0.15, -0.1) is 0 Å². The van der Waals surface area contributed by atoms with Crippen molar-refractivity contribution in [3.05, 3.63) is 87.1 Å². The van der Waals surface area contributed by atoms with Crippen molar-refractivity contribution < 1.29 is 14.3 Å². The Morgan fingerprint density at radius 3 is 2.39 bits per heavy atom. The minimum atomic E-state index is -0.988. The summed E-state index contributed by atoms with van der Waals surface area (Å²) in [4.78, 5) is 29.5. The number of benzene rings is 2. The van der Waals surface area contributed by atoms with E-state index in [1.165, 1.54) is 15.6 Å². The molecule has 5 rings (SSSR count). The predicted octanol–water partition coefficient (Wildman–Crippen LogP) is 4.91. The van der Waals surface area contributed by atoms with E-state index < -0.39 is 11.5 Å². The molecular formula is C25H23ClN2O3S2. The molecule has 0 radical (unpaired) electrons. The van der Waals surface area contributed by atoms with Crippen LogP contribution in [-0.2, 0) is 19.9 Å². The summed E-state index contributed by atoms with van der Waals surface area (Å²) in [7, 11) is 0. The molecule has 2 aliphatic rings. The van der Waals surface area contributed by atoms with Gasteiger partial charge in [0.2, 0.25) is 5.91 Å². The van der Waals surface area contributed by atoms with Crippen LogP contribution in [0.2, 0.25) is 5.02 Å². The largest absolute Gasteiger partial charge is 0.378 e. The third-order valence-corrected chi connectivity index (χ3v) is 8.07. The lowest BCUT2D eigenvalue weighted by Crippen LogP contribution is -2.54. The van der Waals surface area contributed by atoms with E-state index in [1.807, 2.05) is 41.1 Å². The molecule has 0 bridgehead atoms. The lowest BCUT2D eigenvalue weighted by Gasteiger charge is -2.46. The van der Waals surface area contributed by atoms with Crippen molar-refractivity contribution in [3.8, 4) is 0 Å². The molecule has 2 saturated heterocycles. The monoisotopic (exact) mass is 498 g/mol. The number of hydrogen-bond donors (Lipinski definition) is 1. The van der Waals surface area contributed by atoms with Gasteiger partial charge in [0.1, 0.15) is 11.5 Å². The Balaban J connectivity index is 1.56. The Hall–Kier alpha value is -2.32. The third kappa shape index (κ3) is 3.87. The van der Waals surface area contributed by atoms with E-state index in [4.69, 9.17) is 29.2 Å². The van der Waals surface area contributed by atoms with E-state index in [1.54, 1.807) is 24.3 Å². The van der Waals surface area contributed by atoms with Crippen molar-refractivity contribution in [2.45, 2.75) is 17.9 Å². The molecule has 0 N–H and O–H groups in total. The molecule has 2 atom stereocenters. The summed E-state index contributed by atoms with van der Waals surface area (Å²) in [5.41, 5.74) is 2.36. The highest BCUT2D eigenvalue weighted by molar-refractivity contribution is 7.78. The molecular weight excluding hydrogens is 476 g/mol. The van der Waals surface area contributed by atoms with Crippen molar-refractivity contribution in [2.24, 2.45) is 0 Å². The van der Waals surface area contributed by atoms with Gasteiger partial charge in [0, 0.05) is 30.2 Å². The van der Waals surface area contributed by atoms with Gasteiger partial charge in [-0.25, -0.2) is 0 Å². The van der Waals surface area contributed by atoms with Crippen LogP contribution in [-0.4, -0.2) is 42.3 Å². The fourth-order valence-electron chi connectivity index (χ4n) is 4.78. The summed E-state index contributed by atoms with van der Waals surface area (Å²) >= 11 is 12.6. The van der Waals surface area contributed by atoms with E-state index in [-0.39, 0.29) is 18.1 Å². The number of rotatable bonds is 4. The van der Waals surface area contributed by atoms with Gasteiger partial charge in [0.15, 0.2) is 5.78 Å². The molecule has 1 aromatic heterocycles. The van der Waals surface area contributed by atoms with Crippen molar-refractivity contribution >= 4 is 53.1 Å². The number of ether oxygens (including phenoxy) is 1. The van der Waals surface area contributed by atoms with Gasteiger partial charge in [-0.05, 0) is 51.7 Å². The van der Waals surface area contributed by atoms with Crippen molar-refractivity contribution in [1.29, 1.82) is 0 Å². The Labute approximate surface area is 207 Å². The molecule has 2 fully saturated rings. The normalized spacial score (nSPS) is 23.8. The summed E-state index contributed by atoms with van der Waals surface area (Å²) in [5, 5.41) is 4.34. The SMILES string of the molecule is O=C1CC(c2ccc(N3CCOCC3)cc2)(c2ccsc2)N(S)C(=O)C1c1ccccc1Cl. The first kappa shape index (κ1) is 22.5. The molecule has 3 aromatic rings. The van der Waals surface area contributed by atoms with Crippen LogP contribution in [0.4, 0.5) is 5.69 Å². The number of thiophene rings is 1. The van der Waals surface area contributed by atoms with Crippen LogP contribution >= 0.6 is 35.8 Å². The predicted molar refractivity (Wildman–Crippen MR) is 134 cm³/mol. The second-order valence-corrected chi connectivity index (χ2v) is 9.85. The number of amides is 1. The number of anilines is 1. The van der Waals surface area contributed by atoms with Gasteiger partial charge in [-0.1, -0.05) is 54.7 Å². The number of hydrogen-bond acceptors (Lipinski definition) is 6. The molecule has 5 nitrogen and oxygen atoms in total. The average molecular weight is 499 g/mol. The lowest BCUT2D eigenvalue weighted by atomic mass is 9.73. The van der Waals surface area contributed by atoms with Crippen LogP contribution in [0.15, 0.2) is 65.4 Å². The lowest BCUT2D eigenvalue weighted by molar-refractivity contribution is -0.142. The average Bonchev–Trinajstić information content (AvgIpc) is 3.39. The maximum Gasteiger partial charge on any atom is 0.248 e. The minimum absolute atomic E-state index is 0.117. The number of thiol groups is 1. The van der Waals surface area contributed by atoms with Crippen LogP contribution in [0, 0.1) is 0 Å². The summed E-state index contributed by atoms with van der Waals surface area (Å²) in [5.74, 6) is -1.50. The highest BCUT2D eigenvalue weighted by Gasteiger charge is 2.52. The first-order valence-electron chi connectivity index (χ1n) is 10.8. The van der Waals surface area contributed by atoms with Crippen LogP contribution < -0.4 is 4.90 Å². The molecule has 8 heteroatoms. The minimum Gasteiger partial charge on any atom is -0.378 e. The van der Waals surface area contributed by atoms with Crippen LogP contribution in [0.3, 0.4) is 0 Å². The number of carbonyl (C=O) groups excluding carboxylic acids is 2. The number of carbonyl (C=O) groups is 2. The van der Waals surface area contributed by atoms with E-state index in [9.17, 15) is 9.59 Å². The highest BCUT2D eigenvalue weighted by atomic mass is 35.5. The number of halogens is 1. The molecule has 2 unspecified atom stereocenters. The molecule has 3 heterocycles. The van der Waals surface area contributed by atoms with Gasteiger partial charge < -0.3 is 9.64 Å². The van der Waals surface area contributed by atoms with Gasteiger partial charge in [0.05, 0.1) is 13.2 Å². The Bertz CT molecular complexity index is 1160. The van der Waals surface area contributed by atoms with Gasteiger partial charge in [-0.2, -0.15) is 11.3 Å². The second kappa shape index (κ2) is 9.14. The Kier molecular flexibility index (Phi) is 6.22. The van der Waals surface area contributed by atoms with Gasteiger partial charge >= 0.3 is 0 Å². The molecule has 0 aliphatic carbocycles. The zero-order valence-electron chi connectivity index (χ0n) is 17.8. The summed E-state index contributed by atoms with van der Waals surface area (Å²) < 4.78 is 6.89. The van der Waals surface area contributed by atoms with Crippen molar-refractivity contribution in [1.82, 2.24) is 4.31 Å². The Morgan fingerprint density at radius 1 is 1.00 bits per heavy atom. The number of morpholine rings is 1. The number of ketones is 1. The van der Waals surface area contributed by atoms with E-state index in [2.05, 4.69) is 4.90 Å². The van der Waals surface area contributed by atoms with Gasteiger partial charge in [-0.3, -0.25) is 13.9 Å². The zero-order valence-corrected chi connectivity index (χ0v) is 20.3. The van der Waals surface area contributed by atoms with Gasteiger partial charge in [0.25, 0.3) is 0 Å². The van der Waals surface area contributed by atoms with E-state index in [0.717, 1.165) is 29.9 Å². The molecule has 0 spiro atoms. The molecule has 1 amide bonds. The highest BCUT2D eigenvalue weighted by Crippen LogP contribution is 2.48. The summed E-state index contributed by atoms with van der Waals surface area (Å²) in [6, 6.07) is 17.1. The standard InChI is InChI=1S/C25H23ClN2O3S2/c26-21-4-2-1-3-20(21)23-22(29)15-25(28(32)24(23)30,18-9-14-33-16-18)17-5-7-19(8-6-17)27-10-12-31-13-11-27/h1-9,14,16,23,32H,10-13,15H2.